The first-order valence-electron chi connectivity index (χ1n) is 6.13. The molecule has 0 amide bonds. The van der Waals surface area contributed by atoms with Crippen LogP contribution < -0.4 is 10.5 Å². The maximum absolute atomic E-state index is 6.19. The van der Waals surface area contributed by atoms with Gasteiger partial charge in [-0.15, -0.1) is 0 Å². The molecule has 18 heavy (non-hydrogen) atoms. The molecular weight excluding hydrogens is 226 g/mol. The Morgan fingerprint density at radius 3 is 2.94 bits per heavy atom. The second kappa shape index (κ2) is 5.69. The van der Waals surface area contributed by atoms with Crippen molar-refractivity contribution >= 4 is 0 Å². The predicted octanol–water partition coefficient (Wildman–Crippen LogP) is 2.15. The van der Waals surface area contributed by atoms with Gasteiger partial charge in [0.05, 0.1) is 13.3 Å². The van der Waals surface area contributed by atoms with E-state index in [1.807, 2.05) is 35.3 Å². The molecule has 4 heteroatoms. The lowest BCUT2D eigenvalue weighted by Crippen LogP contribution is -2.12. The monoisotopic (exact) mass is 245 g/mol. The quantitative estimate of drug-likeness (QED) is 0.878. The van der Waals surface area contributed by atoms with Crippen molar-refractivity contribution < 1.29 is 4.74 Å². The molecule has 1 heterocycles. The smallest absolute Gasteiger partial charge is 0.119 e. The molecule has 2 aromatic rings. The van der Waals surface area contributed by atoms with Crippen LogP contribution in [0.4, 0.5) is 0 Å². The Hall–Kier alpha value is -1.81. The van der Waals surface area contributed by atoms with Crippen LogP contribution in [0.15, 0.2) is 36.7 Å². The van der Waals surface area contributed by atoms with Crippen molar-refractivity contribution in [2.75, 3.05) is 7.11 Å². The van der Waals surface area contributed by atoms with Gasteiger partial charge in [-0.05, 0) is 31.0 Å². The molecule has 2 rings (SSSR count). The number of aromatic nitrogens is 2. The minimum atomic E-state index is -0.0302. The molecule has 4 nitrogen and oxygen atoms in total. The summed E-state index contributed by atoms with van der Waals surface area (Å²) in [5.41, 5.74) is 8.43. The molecule has 1 aromatic carbocycles. The zero-order valence-corrected chi connectivity index (χ0v) is 10.8. The summed E-state index contributed by atoms with van der Waals surface area (Å²) in [6.45, 7) is 2.93. The fraction of sp³-hybridized carbons (Fsp3) is 0.357. The van der Waals surface area contributed by atoms with E-state index in [0.29, 0.717) is 0 Å². The van der Waals surface area contributed by atoms with E-state index in [9.17, 15) is 0 Å². The first-order valence-corrected chi connectivity index (χ1v) is 6.13. The van der Waals surface area contributed by atoms with Gasteiger partial charge in [0.25, 0.3) is 0 Å². The lowest BCUT2D eigenvalue weighted by molar-refractivity contribution is 0.414. The fourth-order valence-corrected chi connectivity index (χ4v) is 1.92. The number of hydrogen-bond donors (Lipinski definition) is 1. The summed E-state index contributed by atoms with van der Waals surface area (Å²) in [5, 5.41) is 4.24. The van der Waals surface area contributed by atoms with Crippen LogP contribution in [0.25, 0.3) is 0 Å². The van der Waals surface area contributed by atoms with Crippen molar-refractivity contribution in [2.24, 2.45) is 5.73 Å². The third kappa shape index (κ3) is 2.90. The van der Waals surface area contributed by atoms with Gasteiger partial charge in [-0.25, -0.2) is 0 Å². The molecule has 0 aliphatic carbocycles. The third-order valence-electron chi connectivity index (χ3n) is 3.00. The van der Waals surface area contributed by atoms with Crippen molar-refractivity contribution in [3.8, 4) is 5.75 Å². The minimum Gasteiger partial charge on any atom is -0.497 e. The molecule has 0 spiro atoms. The average Bonchev–Trinajstić information content (AvgIpc) is 2.88. The molecule has 1 aromatic heterocycles. The van der Waals surface area contributed by atoms with Crippen LogP contribution in [0.5, 0.6) is 5.75 Å². The van der Waals surface area contributed by atoms with E-state index in [0.717, 1.165) is 24.3 Å². The topological polar surface area (TPSA) is 53.1 Å². The Morgan fingerprint density at radius 2 is 2.28 bits per heavy atom. The first kappa shape index (κ1) is 12.6. The van der Waals surface area contributed by atoms with E-state index in [-0.39, 0.29) is 6.04 Å². The average molecular weight is 245 g/mol. The van der Waals surface area contributed by atoms with Crippen LogP contribution in [0.3, 0.4) is 0 Å². The Kier molecular flexibility index (Phi) is 3.99. The van der Waals surface area contributed by atoms with Gasteiger partial charge in [0.2, 0.25) is 0 Å². The lowest BCUT2D eigenvalue weighted by Gasteiger charge is -2.10. The van der Waals surface area contributed by atoms with Crippen LogP contribution in [0.1, 0.15) is 24.1 Å². The molecule has 0 aliphatic heterocycles. The zero-order valence-electron chi connectivity index (χ0n) is 10.8. The summed E-state index contributed by atoms with van der Waals surface area (Å²) in [4.78, 5) is 0. The van der Waals surface area contributed by atoms with Gasteiger partial charge in [0.15, 0.2) is 0 Å². The van der Waals surface area contributed by atoms with Gasteiger partial charge in [0.1, 0.15) is 5.75 Å². The second-order valence-corrected chi connectivity index (χ2v) is 4.29. The summed E-state index contributed by atoms with van der Waals surface area (Å²) in [5.74, 6) is 0.865. The number of rotatable bonds is 5. The number of aryl methyl sites for hydroxylation is 1. The van der Waals surface area contributed by atoms with E-state index in [1.54, 1.807) is 7.11 Å². The maximum atomic E-state index is 6.19. The van der Waals surface area contributed by atoms with Crippen LogP contribution in [-0.4, -0.2) is 16.9 Å². The molecule has 2 N–H and O–H groups in total. The van der Waals surface area contributed by atoms with Crippen LogP contribution in [0.2, 0.25) is 0 Å². The van der Waals surface area contributed by atoms with E-state index in [2.05, 4.69) is 18.1 Å². The minimum absolute atomic E-state index is 0.0302. The van der Waals surface area contributed by atoms with Gasteiger partial charge in [-0.1, -0.05) is 12.1 Å². The second-order valence-electron chi connectivity index (χ2n) is 4.29. The largest absolute Gasteiger partial charge is 0.497 e. The number of hydrogen-bond acceptors (Lipinski definition) is 3. The fourth-order valence-electron chi connectivity index (χ4n) is 1.92. The van der Waals surface area contributed by atoms with Crippen molar-refractivity contribution in [1.82, 2.24) is 9.78 Å². The van der Waals surface area contributed by atoms with Crippen LogP contribution >= 0.6 is 0 Å². The van der Waals surface area contributed by atoms with E-state index >= 15 is 0 Å². The van der Waals surface area contributed by atoms with Gasteiger partial charge < -0.3 is 10.5 Å². The van der Waals surface area contributed by atoms with Gasteiger partial charge in [0, 0.05) is 24.3 Å². The predicted molar refractivity (Wildman–Crippen MR) is 71.5 cm³/mol. The summed E-state index contributed by atoms with van der Waals surface area (Å²) in [6, 6.07) is 7.97. The summed E-state index contributed by atoms with van der Waals surface area (Å²) < 4.78 is 7.10. The molecule has 96 valence electrons. The SMILES string of the molecule is CCn1cc(C(N)Cc2cccc(OC)c2)cn1. The summed E-state index contributed by atoms with van der Waals surface area (Å²) in [6.07, 6.45) is 4.63. The van der Waals surface area contributed by atoms with Crippen LogP contribution in [-0.2, 0) is 13.0 Å². The van der Waals surface area contributed by atoms with Crippen molar-refractivity contribution in [2.45, 2.75) is 25.9 Å². The highest BCUT2D eigenvalue weighted by Crippen LogP contribution is 2.19. The number of nitrogens with zero attached hydrogens (tertiary/aromatic N) is 2. The Morgan fingerprint density at radius 1 is 1.44 bits per heavy atom. The highest BCUT2D eigenvalue weighted by Gasteiger charge is 2.09. The van der Waals surface area contributed by atoms with Gasteiger partial charge in [-0.3, -0.25) is 4.68 Å². The lowest BCUT2D eigenvalue weighted by atomic mass is 10.0. The highest BCUT2D eigenvalue weighted by molar-refractivity contribution is 5.29. The number of ether oxygens (including phenoxy) is 1. The Balaban J connectivity index is 2.08. The third-order valence-corrected chi connectivity index (χ3v) is 3.00. The molecule has 0 aliphatic rings. The van der Waals surface area contributed by atoms with Crippen molar-refractivity contribution in [1.29, 1.82) is 0 Å². The normalized spacial score (nSPS) is 12.4. The van der Waals surface area contributed by atoms with Crippen molar-refractivity contribution in [3.05, 3.63) is 47.8 Å². The van der Waals surface area contributed by atoms with Crippen LogP contribution in [0, 0.1) is 0 Å². The Bertz CT molecular complexity index is 507. The van der Waals surface area contributed by atoms with E-state index < -0.39 is 0 Å². The number of benzene rings is 1. The number of nitrogens with two attached hydrogens (primary N) is 1. The standard InChI is InChI=1S/C14H19N3O/c1-3-17-10-12(9-16-17)14(15)8-11-5-4-6-13(7-11)18-2/h4-7,9-10,14H,3,8,15H2,1-2H3. The Labute approximate surface area is 107 Å². The molecule has 0 fully saturated rings. The molecule has 0 saturated carbocycles. The molecule has 0 bridgehead atoms. The van der Waals surface area contributed by atoms with Crippen molar-refractivity contribution in [3.63, 3.8) is 0 Å². The van der Waals surface area contributed by atoms with E-state index in [1.165, 1.54) is 5.56 Å². The molecule has 0 saturated heterocycles. The molecule has 1 atom stereocenters. The molecule has 0 radical (unpaired) electrons. The maximum Gasteiger partial charge on any atom is 0.119 e. The number of methoxy groups -OCH3 is 1. The molecule has 1 unspecified atom stereocenters. The first-order chi connectivity index (χ1) is 8.72. The van der Waals surface area contributed by atoms with Gasteiger partial charge >= 0.3 is 0 Å². The summed E-state index contributed by atoms with van der Waals surface area (Å²) in [7, 11) is 1.67. The zero-order chi connectivity index (χ0) is 13.0. The highest BCUT2D eigenvalue weighted by atomic mass is 16.5. The van der Waals surface area contributed by atoms with E-state index in [4.69, 9.17) is 10.5 Å². The van der Waals surface area contributed by atoms with Gasteiger partial charge in [-0.2, -0.15) is 5.10 Å². The summed E-state index contributed by atoms with van der Waals surface area (Å²) >= 11 is 0. The molecular formula is C14H19N3O.